The van der Waals surface area contributed by atoms with Crippen LogP contribution in [0.3, 0.4) is 0 Å². The standard InChI is InChI=1S/C14H16N2O6/c1-2-3-4-9(15-10(17)5-6-11(15)18)13(20)8-7-12(19)16(22)14(8)21/h5-6,8-9,22H,2-4,7H2,1H3. The van der Waals surface area contributed by atoms with E-state index in [0.717, 1.165) is 23.5 Å². The summed E-state index contributed by atoms with van der Waals surface area (Å²) < 4.78 is 0. The monoisotopic (exact) mass is 308 g/mol. The Labute approximate surface area is 126 Å². The Morgan fingerprint density at radius 1 is 1.27 bits per heavy atom. The first-order valence-corrected chi connectivity index (χ1v) is 7.03. The summed E-state index contributed by atoms with van der Waals surface area (Å²) in [6.07, 6.45) is 3.21. The van der Waals surface area contributed by atoms with Crippen molar-refractivity contribution in [1.29, 1.82) is 0 Å². The van der Waals surface area contributed by atoms with Crippen LogP contribution in [0.2, 0.25) is 0 Å². The molecule has 4 amide bonds. The third kappa shape index (κ3) is 2.69. The summed E-state index contributed by atoms with van der Waals surface area (Å²) in [7, 11) is 0. The van der Waals surface area contributed by atoms with E-state index in [0.29, 0.717) is 6.42 Å². The summed E-state index contributed by atoms with van der Waals surface area (Å²) in [6.45, 7) is 1.88. The van der Waals surface area contributed by atoms with Crippen molar-refractivity contribution in [3.63, 3.8) is 0 Å². The number of hydroxylamine groups is 2. The van der Waals surface area contributed by atoms with Crippen LogP contribution >= 0.6 is 0 Å². The molecule has 22 heavy (non-hydrogen) atoms. The summed E-state index contributed by atoms with van der Waals surface area (Å²) in [4.78, 5) is 60.0. The van der Waals surface area contributed by atoms with Gasteiger partial charge >= 0.3 is 0 Å². The highest BCUT2D eigenvalue weighted by molar-refractivity contribution is 6.19. The van der Waals surface area contributed by atoms with E-state index in [4.69, 9.17) is 0 Å². The molecule has 0 aliphatic carbocycles. The van der Waals surface area contributed by atoms with Crippen molar-refractivity contribution in [3.8, 4) is 0 Å². The maximum absolute atomic E-state index is 12.5. The van der Waals surface area contributed by atoms with Crippen LogP contribution in [-0.4, -0.2) is 50.6 Å². The van der Waals surface area contributed by atoms with E-state index in [-0.39, 0.29) is 11.5 Å². The van der Waals surface area contributed by atoms with Gasteiger partial charge < -0.3 is 0 Å². The molecule has 1 fully saturated rings. The van der Waals surface area contributed by atoms with E-state index in [1.54, 1.807) is 0 Å². The number of hydrogen-bond donors (Lipinski definition) is 1. The molecule has 2 aliphatic heterocycles. The molecule has 0 radical (unpaired) electrons. The van der Waals surface area contributed by atoms with Crippen LogP contribution < -0.4 is 0 Å². The molecule has 1 saturated heterocycles. The first-order chi connectivity index (χ1) is 10.4. The second kappa shape index (κ2) is 6.18. The summed E-state index contributed by atoms with van der Waals surface area (Å²) in [6, 6.07) is -1.09. The second-order valence-electron chi connectivity index (χ2n) is 5.24. The molecule has 2 rings (SSSR count). The van der Waals surface area contributed by atoms with Crippen molar-refractivity contribution >= 4 is 29.4 Å². The van der Waals surface area contributed by atoms with E-state index < -0.39 is 47.8 Å². The number of carbonyl (C=O) groups excluding carboxylic acids is 5. The van der Waals surface area contributed by atoms with Crippen LogP contribution in [0.1, 0.15) is 32.6 Å². The molecule has 1 N–H and O–H groups in total. The van der Waals surface area contributed by atoms with Crippen molar-refractivity contribution in [2.45, 2.75) is 38.6 Å². The largest absolute Gasteiger partial charge is 0.296 e. The third-order valence-corrected chi connectivity index (χ3v) is 3.78. The molecule has 2 atom stereocenters. The second-order valence-corrected chi connectivity index (χ2v) is 5.24. The van der Waals surface area contributed by atoms with Gasteiger partial charge in [-0.05, 0) is 6.42 Å². The number of carbonyl (C=O) groups is 5. The van der Waals surface area contributed by atoms with Crippen LogP contribution in [-0.2, 0) is 24.0 Å². The number of ketones is 1. The maximum Gasteiger partial charge on any atom is 0.264 e. The molecule has 118 valence electrons. The Kier molecular flexibility index (Phi) is 4.51. The molecule has 2 aliphatic rings. The average Bonchev–Trinajstić information content (AvgIpc) is 2.95. The highest BCUT2D eigenvalue weighted by Gasteiger charge is 2.47. The lowest BCUT2D eigenvalue weighted by molar-refractivity contribution is -0.172. The van der Waals surface area contributed by atoms with Gasteiger partial charge in [0.2, 0.25) is 0 Å². The number of Topliss-reactive ketones (excluding diaryl/α,β-unsaturated/α-hetero) is 1. The number of amides is 4. The number of unbranched alkanes of at least 4 members (excludes halogenated alkanes) is 1. The number of imide groups is 2. The number of hydrogen-bond acceptors (Lipinski definition) is 6. The van der Waals surface area contributed by atoms with E-state index >= 15 is 0 Å². The van der Waals surface area contributed by atoms with Crippen LogP contribution in [0, 0.1) is 5.92 Å². The smallest absolute Gasteiger partial charge is 0.264 e. The molecule has 0 aromatic carbocycles. The van der Waals surface area contributed by atoms with Gasteiger partial charge in [0, 0.05) is 18.6 Å². The van der Waals surface area contributed by atoms with Crippen molar-refractivity contribution < 1.29 is 29.2 Å². The first-order valence-electron chi connectivity index (χ1n) is 7.03. The molecule has 0 saturated carbocycles. The van der Waals surface area contributed by atoms with Gasteiger partial charge in [-0.2, -0.15) is 5.06 Å². The molecule has 0 bridgehead atoms. The fraction of sp³-hybridized carbons (Fsp3) is 0.500. The van der Waals surface area contributed by atoms with Gasteiger partial charge in [-0.1, -0.05) is 19.8 Å². The van der Waals surface area contributed by atoms with E-state index in [1.165, 1.54) is 0 Å². The van der Waals surface area contributed by atoms with Crippen molar-refractivity contribution in [1.82, 2.24) is 9.96 Å². The predicted molar refractivity (Wildman–Crippen MR) is 71.1 cm³/mol. The average molecular weight is 308 g/mol. The quantitative estimate of drug-likeness (QED) is 0.413. The molecular formula is C14H16N2O6. The Hall–Kier alpha value is -2.35. The van der Waals surface area contributed by atoms with Gasteiger partial charge in [-0.3, -0.25) is 34.1 Å². The summed E-state index contributed by atoms with van der Waals surface area (Å²) >= 11 is 0. The van der Waals surface area contributed by atoms with Crippen molar-refractivity contribution in [2.24, 2.45) is 5.92 Å². The van der Waals surface area contributed by atoms with Crippen LogP contribution in [0.15, 0.2) is 12.2 Å². The molecule has 8 heteroatoms. The molecular weight excluding hydrogens is 292 g/mol. The van der Waals surface area contributed by atoms with Crippen LogP contribution in [0.5, 0.6) is 0 Å². The number of nitrogens with zero attached hydrogens (tertiary/aromatic N) is 2. The molecule has 8 nitrogen and oxygen atoms in total. The minimum atomic E-state index is -1.35. The lowest BCUT2D eigenvalue weighted by Crippen LogP contribution is -2.48. The first kappa shape index (κ1) is 16.0. The van der Waals surface area contributed by atoms with Gasteiger partial charge in [0.05, 0.1) is 6.04 Å². The highest BCUT2D eigenvalue weighted by Crippen LogP contribution is 2.25. The minimum absolute atomic E-state index is 0.0781. The highest BCUT2D eigenvalue weighted by atomic mass is 16.5. The zero-order valence-corrected chi connectivity index (χ0v) is 12.0. The Morgan fingerprint density at radius 2 is 1.86 bits per heavy atom. The molecule has 0 aromatic heterocycles. The van der Waals surface area contributed by atoms with Gasteiger partial charge in [-0.25, -0.2) is 0 Å². The van der Waals surface area contributed by atoms with Crippen LogP contribution in [0.4, 0.5) is 0 Å². The van der Waals surface area contributed by atoms with Crippen molar-refractivity contribution in [3.05, 3.63) is 12.2 Å². The van der Waals surface area contributed by atoms with Gasteiger partial charge in [0.15, 0.2) is 5.78 Å². The zero-order valence-electron chi connectivity index (χ0n) is 12.0. The lowest BCUT2D eigenvalue weighted by atomic mass is 9.92. The zero-order chi connectivity index (χ0) is 16.4. The topological polar surface area (TPSA) is 112 Å². The number of rotatable bonds is 6. The fourth-order valence-electron chi connectivity index (χ4n) is 2.59. The van der Waals surface area contributed by atoms with E-state index in [9.17, 15) is 29.2 Å². The lowest BCUT2D eigenvalue weighted by Gasteiger charge is -2.26. The predicted octanol–water partition coefficient (Wildman–Crippen LogP) is -0.196. The van der Waals surface area contributed by atoms with E-state index in [1.807, 2.05) is 6.92 Å². The fourth-order valence-corrected chi connectivity index (χ4v) is 2.59. The summed E-state index contributed by atoms with van der Waals surface area (Å²) in [5.74, 6) is -5.14. The third-order valence-electron chi connectivity index (χ3n) is 3.78. The Bertz CT molecular complexity index is 564. The Balaban J connectivity index is 2.24. The Morgan fingerprint density at radius 3 is 2.32 bits per heavy atom. The van der Waals surface area contributed by atoms with E-state index in [2.05, 4.69) is 0 Å². The molecule has 0 spiro atoms. The SMILES string of the molecule is CCCCC(C(=O)C1CC(=O)N(O)C1=O)N1C(=O)C=CC1=O. The van der Waals surface area contributed by atoms with Gasteiger partial charge in [0.1, 0.15) is 5.92 Å². The molecule has 0 aromatic rings. The van der Waals surface area contributed by atoms with Crippen LogP contribution in [0.25, 0.3) is 0 Å². The molecule has 2 unspecified atom stereocenters. The normalized spacial score (nSPS) is 22.9. The summed E-state index contributed by atoms with van der Waals surface area (Å²) in [5.41, 5.74) is 0. The van der Waals surface area contributed by atoms with Crippen molar-refractivity contribution in [2.75, 3.05) is 0 Å². The van der Waals surface area contributed by atoms with Gasteiger partial charge in [0.25, 0.3) is 23.6 Å². The molecule has 2 heterocycles. The van der Waals surface area contributed by atoms with Gasteiger partial charge in [-0.15, -0.1) is 0 Å². The summed E-state index contributed by atoms with van der Waals surface area (Å²) in [5, 5.41) is 9.16. The maximum atomic E-state index is 12.5. The minimum Gasteiger partial charge on any atom is -0.296 e.